The van der Waals surface area contributed by atoms with Crippen LogP contribution in [0, 0.1) is 11.7 Å². The molecule has 2 aromatic rings. The van der Waals surface area contributed by atoms with Crippen LogP contribution in [0.1, 0.15) is 33.1 Å². The number of likely N-dealkylation sites (tertiary alicyclic amines) is 1. The molecular weight excluding hydrogens is 495 g/mol. The molecule has 2 heterocycles. The SMILES string of the molecule is CC(C)COc1cc(OC2CCN(C(=O)CCN3CCN(c4ccc(Cl)cc4F)CC3)CC2)ccc1N. The van der Waals surface area contributed by atoms with Crippen molar-refractivity contribution < 1.29 is 18.7 Å². The lowest BCUT2D eigenvalue weighted by Crippen LogP contribution is -2.48. The van der Waals surface area contributed by atoms with E-state index in [1.54, 1.807) is 12.1 Å². The molecule has 0 unspecified atom stereocenters. The van der Waals surface area contributed by atoms with Crippen molar-refractivity contribution in [1.29, 1.82) is 0 Å². The van der Waals surface area contributed by atoms with Crippen molar-refractivity contribution in [1.82, 2.24) is 9.80 Å². The van der Waals surface area contributed by atoms with Gasteiger partial charge in [-0.25, -0.2) is 4.39 Å². The summed E-state index contributed by atoms with van der Waals surface area (Å²) >= 11 is 5.87. The molecule has 4 rings (SSSR count). The summed E-state index contributed by atoms with van der Waals surface area (Å²) in [5.74, 6) is 1.70. The second kappa shape index (κ2) is 12.7. The van der Waals surface area contributed by atoms with Crippen LogP contribution in [0.4, 0.5) is 15.8 Å². The van der Waals surface area contributed by atoms with E-state index in [0.717, 1.165) is 51.3 Å². The summed E-state index contributed by atoms with van der Waals surface area (Å²) in [5, 5.41) is 0.403. The topological polar surface area (TPSA) is 71.3 Å². The van der Waals surface area contributed by atoms with Crippen molar-refractivity contribution in [3.05, 3.63) is 47.2 Å². The molecule has 0 spiro atoms. The Morgan fingerprint density at radius 2 is 1.81 bits per heavy atom. The molecule has 0 radical (unpaired) electrons. The monoisotopic (exact) mass is 532 g/mol. The van der Waals surface area contributed by atoms with Crippen molar-refractivity contribution in [2.45, 2.75) is 39.2 Å². The number of hydrogen-bond acceptors (Lipinski definition) is 6. The number of rotatable bonds is 9. The molecule has 2 aromatic carbocycles. The predicted molar refractivity (Wildman–Crippen MR) is 146 cm³/mol. The first-order valence-electron chi connectivity index (χ1n) is 13.2. The number of carbonyl (C=O) groups excluding carboxylic acids is 1. The molecule has 9 heteroatoms. The molecule has 0 saturated carbocycles. The molecule has 7 nitrogen and oxygen atoms in total. The zero-order chi connectivity index (χ0) is 26.4. The Morgan fingerprint density at radius 3 is 2.49 bits per heavy atom. The molecule has 1 amide bonds. The van der Waals surface area contributed by atoms with Crippen LogP contribution in [-0.4, -0.2) is 74.2 Å². The van der Waals surface area contributed by atoms with E-state index in [1.807, 2.05) is 28.0 Å². The number of nitrogens with two attached hydrogens (primary N) is 1. The number of ether oxygens (including phenoxy) is 2. The number of nitrogens with zero attached hydrogens (tertiary/aromatic N) is 3. The number of hydrogen-bond donors (Lipinski definition) is 1. The van der Waals surface area contributed by atoms with E-state index in [4.69, 9.17) is 26.8 Å². The molecule has 0 atom stereocenters. The maximum atomic E-state index is 14.2. The minimum Gasteiger partial charge on any atom is -0.491 e. The number of halogens is 2. The third-order valence-corrected chi connectivity index (χ3v) is 7.15. The van der Waals surface area contributed by atoms with E-state index in [9.17, 15) is 9.18 Å². The van der Waals surface area contributed by atoms with Gasteiger partial charge in [0.2, 0.25) is 5.91 Å². The highest BCUT2D eigenvalue weighted by Gasteiger charge is 2.25. The van der Waals surface area contributed by atoms with Crippen LogP contribution >= 0.6 is 11.6 Å². The summed E-state index contributed by atoms with van der Waals surface area (Å²) in [7, 11) is 0. The average molecular weight is 533 g/mol. The standard InChI is InChI=1S/C28H38ClFN4O3/c1-20(2)19-36-27-18-23(4-5-25(27)31)37-22-7-11-34(12-8-22)28(35)9-10-32-13-15-33(16-14-32)26-6-3-21(29)17-24(26)30/h3-6,17-18,20,22H,7-16,19,31H2,1-2H3. The first-order chi connectivity index (χ1) is 17.8. The summed E-state index contributed by atoms with van der Waals surface area (Å²) in [6, 6.07) is 10.3. The fourth-order valence-electron chi connectivity index (χ4n) is 4.75. The largest absolute Gasteiger partial charge is 0.491 e. The number of piperidine rings is 1. The summed E-state index contributed by atoms with van der Waals surface area (Å²) < 4.78 is 26.2. The zero-order valence-electron chi connectivity index (χ0n) is 21.8. The Hall–Kier alpha value is -2.71. The maximum Gasteiger partial charge on any atom is 0.223 e. The van der Waals surface area contributed by atoms with Crippen molar-refractivity contribution in [2.75, 3.05) is 63.1 Å². The van der Waals surface area contributed by atoms with Gasteiger partial charge in [-0.1, -0.05) is 25.4 Å². The first-order valence-corrected chi connectivity index (χ1v) is 13.6. The summed E-state index contributed by atoms with van der Waals surface area (Å²) in [6.07, 6.45) is 2.15. The quantitative estimate of drug-likeness (QED) is 0.473. The maximum absolute atomic E-state index is 14.2. The molecule has 0 bridgehead atoms. The molecule has 0 aromatic heterocycles. The van der Waals surface area contributed by atoms with E-state index >= 15 is 0 Å². The van der Waals surface area contributed by atoms with Gasteiger partial charge in [0, 0.05) is 76.2 Å². The molecule has 37 heavy (non-hydrogen) atoms. The van der Waals surface area contributed by atoms with Crippen molar-refractivity contribution in [3.63, 3.8) is 0 Å². The van der Waals surface area contributed by atoms with E-state index in [0.29, 0.717) is 54.2 Å². The van der Waals surface area contributed by atoms with Gasteiger partial charge < -0.3 is 25.0 Å². The molecule has 0 aliphatic carbocycles. The highest BCUT2D eigenvalue weighted by Crippen LogP contribution is 2.29. The van der Waals surface area contributed by atoms with Gasteiger partial charge in [-0.3, -0.25) is 9.69 Å². The van der Waals surface area contributed by atoms with Gasteiger partial charge in [-0.05, 0) is 36.2 Å². The van der Waals surface area contributed by atoms with E-state index in [2.05, 4.69) is 18.7 Å². The number of carbonyl (C=O) groups is 1. The molecule has 2 aliphatic rings. The van der Waals surface area contributed by atoms with Crippen LogP contribution in [0.15, 0.2) is 36.4 Å². The Balaban J connectivity index is 1.17. The lowest BCUT2D eigenvalue weighted by Gasteiger charge is -2.37. The fraction of sp³-hybridized carbons (Fsp3) is 0.536. The van der Waals surface area contributed by atoms with Gasteiger partial charge in [-0.15, -0.1) is 0 Å². The molecule has 2 fully saturated rings. The number of amides is 1. The average Bonchev–Trinajstić information content (AvgIpc) is 2.88. The van der Waals surface area contributed by atoms with E-state index < -0.39 is 0 Å². The predicted octanol–water partition coefficient (Wildman–Crippen LogP) is 4.68. The lowest BCUT2D eigenvalue weighted by atomic mass is 10.1. The van der Waals surface area contributed by atoms with Gasteiger partial charge in [0.15, 0.2) is 0 Å². The summed E-state index contributed by atoms with van der Waals surface area (Å²) in [5.41, 5.74) is 7.23. The lowest BCUT2D eigenvalue weighted by molar-refractivity contribution is -0.133. The zero-order valence-corrected chi connectivity index (χ0v) is 22.6. The third-order valence-electron chi connectivity index (χ3n) is 6.92. The van der Waals surface area contributed by atoms with Crippen LogP contribution < -0.4 is 20.1 Å². The highest BCUT2D eigenvalue weighted by atomic mass is 35.5. The summed E-state index contributed by atoms with van der Waals surface area (Å²) in [6.45, 7) is 9.95. The van der Waals surface area contributed by atoms with E-state index in [1.165, 1.54) is 6.07 Å². The van der Waals surface area contributed by atoms with Crippen LogP contribution in [0.25, 0.3) is 0 Å². The normalized spacial score (nSPS) is 17.3. The third kappa shape index (κ3) is 7.65. The Kier molecular flexibility index (Phi) is 9.38. The minimum absolute atomic E-state index is 0.0620. The van der Waals surface area contributed by atoms with Crippen molar-refractivity contribution in [3.8, 4) is 11.5 Å². The number of anilines is 2. The fourth-order valence-corrected chi connectivity index (χ4v) is 4.91. The highest BCUT2D eigenvalue weighted by molar-refractivity contribution is 6.30. The van der Waals surface area contributed by atoms with Crippen LogP contribution in [0.2, 0.25) is 5.02 Å². The summed E-state index contributed by atoms with van der Waals surface area (Å²) in [4.78, 5) is 19.1. The van der Waals surface area contributed by atoms with Gasteiger partial charge >= 0.3 is 0 Å². The van der Waals surface area contributed by atoms with Crippen LogP contribution in [0.5, 0.6) is 11.5 Å². The number of piperazine rings is 1. The van der Waals surface area contributed by atoms with Crippen LogP contribution in [-0.2, 0) is 4.79 Å². The van der Waals surface area contributed by atoms with Gasteiger partial charge in [0.1, 0.15) is 23.4 Å². The van der Waals surface area contributed by atoms with Crippen LogP contribution in [0.3, 0.4) is 0 Å². The first kappa shape index (κ1) is 27.3. The van der Waals surface area contributed by atoms with Gasteiger partial charge in [-0.2, -0.15) is 0 Å². The molecule has 2 N–H and O–H groups in total. The molecule has 2 saturated heterocycles. The molecular formula is C28H38ClFN4O3. The minimum atomic E-state index is -0.292. The second-order valence-corrected chi connectivity index (χ2v) is 10.7. The Labute approximate surface area is 224 Å². The Morgan fingerprint density at radius 1 is 1.08 bits per heavy atom. The molecule has 202 valence electrons. The number of benzene rings is 2. The second-order valence-electron chi connectivity index (χ2n) is 10.3. The van der Waals surface area contributed by atoms with E-state index in [-0.39, 0.29) is 17.8 Å². The van der Waals surface area contributed by atoms with Gasteiger partial charge in [0.05, 0.1) is 18.0 Å². The molecule has 2 aliphatic heterocycles. The number of nitrogen functional groups attached to an aromatic ring is 1. The van der Waals surface area contributed by atoms with Gasteiger partial charge in [0.25, 0.3) is 0 Å². The Bertz CT molecular complexity index is 1050. The smallest absolute Gasteiger partial charge is 0.223 e. The van der Waals surface area contributed by atoms with Crippen molar-refractivity contribution >= 4 is 28.9 Å². The van der Waals surface area contributed by atoms with Crippen molar-refractivity contribution in [2.24, 2.45) is 5.92 Å².